The Balaban J connectivity index is 1.89. The van der Waals surface area contributed by atoms with Crippen molar-refractivity contribution in [1.29, 1.82) is 0 Å². The number of nitrogens with zero attached hydrogens (tertiary/aromatic N) is 1. The molecular formula is C15H22ClN3O5S. The summed E-state index contributed by atoms with van der Waals surface area (Å²) < 4.78 is 34.2. The standard InChI is InChI=1S/C15H22ClN3O5S/c1-2-14(15(20)17-21)18-25(22,23)19-9-7-13(8-10-19)24-12-5-3-11(16)4-6-12/h3-6,13-14,18,21H,2,7-10H2,1H3,(H,17,20). The van der Waals surface area contributed by atoms with E-state index in [2.05, 4.69) is 4.72 Å². The van der Waals surface area contributed by atoms with Gasteiger partial charge in [0.15, 0.2) is 0 Å². The van der Waals surface area contributed by atoms with E-state index in [-0.39, 0.29) is 25.6 Å². The molecule has 10 heteroatoms. The van der Waals surface area contributed by atoms with E-state index in [1.165, 1.54) is 9.79 Å². The molecule has 2 rings (SSSR count). The first-order valence-electron chi connectivity index (χ1n) is 7.99. The van der Waals surface area contributed by atoms with Gasteiger partial charge >= 0.3 is 0 Å². The number of amides is 1. The van der Waals surface area contributed by atoms with Gasteiger partial charge in [0.2, 0.25) is 0 Å². The van der Waals surface area contributed by atoms with Crippen molar-refractivity contribution in [1.82, 2.24) is 14.5 Å². The third-order valence-electron chi connectivity index (χ3n) is 3.98. The lowest BCUT2D eigenvalue weighted by atomic mass is 10.1. The predicted molar refractivity (Wildman–Crippen MR) is 92.7 cm³/mol. The highest BCUT2D eigenvalue weighted by molar-refractivity contribution is 7.87. The molecule has 1 amide bonds. The molecule has 1 aliphatic heterocycles. The van der Waals surface area contributed by atoms with Gasteiger partial charge in [-0.05, 0) is 43.5 Å². The zero-order valence-corrected chi connectivity index (χ0v) is 15.4. The number of hydrogen-bond acceptors (Lipinski definition) is 5. The molecule has 0 spiro atoms. The summed E-state index contributed by atoms with van der Waals surface area (Å²) >= 11 is 5.83. The van der Waals surface area contributed by atoms with Crippen molar-refractivity contribution in [3.8, 4) is 5.75 Å². The highest BCUT2D eigenvalue weighted by atomic mass is 35.5. The average molecular weight is 392 g/mol. The van der Waals surface area contributed by atoms with Crippen molar-refractivity contribution in [2.45, 2.75) is 38.3 Å². The fourth-order valence-electron chi connectivity index (χ4n) is 2.55. The van der Waals surface area contributed by atoms with E-state index in [4.69, 9.17) is 21.5 Å². The quantitative estimate of drug-likeness (QED) is 0.479. The van der Waals surface area contributed by atoms with Crippen LogP contribution in [0.5, 0.6) is 5.75 Å². The maximum absolute atomic E-state index is 12.4. The summed E-state index contributed by atoms with van der Waals surface area (Å²) in [7, 11) is -3.81. The summed E-state index contributed by atoms with van der Waals surface area (Å²) in [6.07, 6.45) is 1.20. The smallest absolute Gasteiger partial charge is 0.280 e. The molecule has 0 radical (unpaired) electrons. The van der Waals surface area contributed by atoms with Crippen LogP contribution in [-0.2, 0) is 15.0 Å². The Morgan fingerprint density at radius 2 is 1.96 bits per heavy atom. The number of piperidine rings is 1. The van der Waals surface area contributed by atoms with Crippen molar-refractivity contribution in [2.24, 2.45) is 0 Å². The average Bonchev–Trinajstić information content (AvgIpc) is 2.61. The Hall–Kier alpha value is -1.39. The molecule has 1 atom stereocenters. The highest BCUT2D eigenvalue weighted by Gasteiger charge is 2.32. The largest absolute Gasteiger partial charge is 0.490 e. The fourth-order valence-corrected chi connectivity index (χ4v) is 4.15. The van der Waals surface area contributed by atoms with Crippen LogP contribution in [-0.4, -0.2) is 49.1 Å². The van der Waals surface area contributed by atoms with Gasteiger partial charge < -0.3 is 4.74 Å². The van der Waals surface area contributed by atoms with Crippen molar-refractivity contribution in [2.75, 3.05) is 13.1 Å². The van der Waals surface area contributed by atoms with Gasteiger partial charge in [0.1, 0.15) is 17.9 Å². The minimum absolute atomic E-state index is 0.0876. The monoisotopic (exact) mass is 391 g/mol. The topological polar surface area (TPSA) is 108 Å². The Morgan fingerprint density at radius 1 is 1.36 bits per heavy atom. The first-order chi connectivity index (χ1) is 11.9. The number of hydroxylamine groups is 1. The van der Waals surface area contributed by atoms with Crippen LogP contribution >= 0.6 is 11.6 Å². The van der Waals surface area contributed by atoms with Crippen LogP contribution in [0.1, 0.15) is 26.2 Å². The molecule has 0 bridgehead atoms. The molecule has 1 aromatic carbocycles. The molecule has 25 heavy (non-hydrogen) atoms. The molecule has 1 aromatic rings. The van der Waals surface area contributed by atoms with E-state index >= 15 is 0 Å². The predicted octanol–water partition coefficient (Wildman–Crippen LogP) is 1.30. The number of hydrogen-bond donors (Lipinski definition) is 3. The molecule has 1 fully saturated rings. The Labute approximate surface area is 152 Å². The maximum atomic E-state index is 12.4. The first kappa shape index (κ1) is 19.9. The van der Waals surface area contributed by atoms with Gasteiger partial charge in [0.05, 0.1) is 0 Å². The summed E-state index contributed by atoms with van der Waals surface area (Å²) in [6.45, 7) is 2.21. The summed E-state index contributed by atoms with van der Waals surface area (Å²) in [6, 6.07) is 5.99. The van der Waals surface area contributed by atoms with Crippen LogP contribution in [0.2, 0.25) is 5.02 Å². The van der Waals surface area contributed by atoms with E-state index in [1.54, 1.807) is 31.2 Å². The van der Waals surface area contributed by atoms with Gasteiger partial charge in [0.25, 0.3) is 16.1 Å². The van der Waals surface area contributed by atoms with Gasteiger partial charge in [-0.2, -0.15) is 17.4 Å². The van der Waals surface area contributed by atoms with Crippen molar-refractivity contribution < 1.29 is 23.2 Å². The highest BCUT2D eigenvalue weighted by Crippen LogP contribution is 2.22. The van der Waals surface area contributed by atoms with Crippen LogP contribution in [0.3, 0.4) is 0 Å². The van der Waals surface area contributed by atoms with E-state index in [0.29, 0.717) is 23.6 Å². The number of benzene rings is 1. The minimum atomic E-state index is -3.81. The van der Waals surface area contributed by atoms with Crippen LogP contribution in [0, 0.1) is 0 Å². The zero-order chi connectivity index (χ0) is 18.4. The van der Waals surface area contributed by atoms with Gasteiger partial charge in [-0.1, -0.05) is 18.5 Å². The van der Waals surface area contributed by atoms with Gasteiger partial charge in [-0.25, -0.2) is 5.48 Å². The van der Waals surface area contributed by atoms with Gasteiger partial charge in [0, 0.05) is 18.1 Å². The molecule has 1 saturated heterocycles. The molecular weight excluding hydrogens is 370 g/mol. The zero-order valence-electron chi connectivity index (χ0n) is 13.8. The van der Waals surface area contributed by atoms with Crippen molar-refractivity contribution in [3.05, 3.63) is 29.3 Å². The third-order valence-corrected chi connectivity index (χ3v) is 5.86. The number of ether oxygens (including phenoxy) is 1. The molecule has 0 saturated carbocycles. The van der Waals surface area contributed by atoms with Crippen LogP contribution in [0.25, 0.3) is 0 Å². The van der Waals surface area contributed by atoms with E-state index < -0.39 is 22.2 Å². The number of halogens is 1. The molecule has 140 valence electrons. The molecule has 3 N–H and O–H groups in total. The molecule has 1 heterocycles. The fraction of sp³-hybridized carbons (Fsp3) is 0.533. The molecule has 1 unspecified atom stereocenters. The lowest BCUT2D eigenvalue weighted by Crippen LogP contribution is -2.53. The Morgan fingerprint density at radius 3 is 2.48 bits per heavy atom. The maximum Gasteiger partial charge on any atom is 0.280 e. The number of rotatable bonds is 7. The molecule has 1 aliphatic rings. The summed E-state index contributed by atoms with van der Waals surface area (Å²) in [5.74, 6) is -0.0958. The summed E-state index contributed by atoms with van der Waals surface area (Å²) in [5.41, 5.74) is 1.47. The Kier molecular flexibility index (Phi) is 7.03. The van der Waals surface area contributed by atoms with Crippen molar-refractivity contribution >= 4 is 27.7 Å². The van der Waals surface area contributed by atoms with Gasteiger partial charge in [-0.3, -0.25) is 10.0 Å². The van der Waals surface area contributed by atoms with Gasteiger partial charge in [-0.15, -0.1) is 0 Å². The lowest BCUT2D eigenvalue weighted by molar-refractivity contribution is -0.131. The third kappa shape index (κ3) is 5.55. The SMILES string of the molecule is CCC(NS(=O)(=O)N1CCC(Oc2ccc(Cl)cc2)CC1)C(=O)NO. The second-order valence-corrected chi connectivity index (χ2v) is 7.87. The summed E-state index contributed by atoms with van der Waals surface area (Å²) in [5, 5.41) is 9.28. The van der Waals surface area contributed by atoms with E-state index in [0.717, 1.165) is 0 Å². The van der Waals surface area contributed by atoms with Crippen molar-refractivity contribution in [3.63, 3.8) is 0 Å². The van der Waals surface area contributed by atoms with Crippen LogP contribution in [0.4, 0.5) is 0 Å². The second kappa shape index (κ2) is 8.81. The minimum Gasteiger partial charge on any atom is -0.490 e. The number of carbonyl (C=O) groups excluding carboxylic acids is 1. The summed E-state index contributed by atoms with van der Waals surface area (Å²) in [4.78, 5) is 11.4. The molecule has 0 aliphatic carbocycles. The second-order valence-electron chi connectivity index (χ2n) is 5.73. The van der Waals surface area contributed by atoms with E-state index in [9.17, 15) is 13.2 Å². The number of carbonyl (C=O) groups is 1. The normalized spacial score (nSPS) is 17.9. The van der Waals surface area contributed by atoms with E-state index in [1.807, 2.05) is 0 Å². The Bertz CT molecular complexity index is 675. The lowest BCUT2D eigenvalue weighted by Gasteiger charge is -2.32. The van der Waals surface area contributed by atoms with Crippen LogP contribution in [0.15, 0.2) is 24.3 Å². The first-order valence-corrected chi connectivity index (χ1v) is 9.81. The molecule has 8 nitrogen and oxygen atoms in total. The van der Waals surface area contributed by atoms with Crippen LogP contribution < -0.4 is 14.9 Å². The molecule has 0 aromatic heterocycles. The number of nitrogens with one attached hydrogen (secondary N) is 2.